The number of aromatic amines is 1. The highest BCUT2D eigenvalue weighted by molar-refractivity contribution is 5.94. The lowest BCUT2D eigenvalue weighted by atomic mass is 9.98. The third-order valence-corrected chi connectivity index (χ3v) is 5.44. The minimum absolute atomic E-state index is 0.0903. The van der Waals surface area contributed by atoms with Gasteiger partial charge in [0.2, 0.25) is 11.8 Å². The summed E-state index contributed by atoms with van der Waals surface area (Å²) in [5, 5.41) is 5.64. The van der Waals surface area contributed by atoms with Crippen LogP contribution in [0.5, 0.6) is 0 Å². The van der Waals surface area contributed by atoms with Crippen LogP contribution < -0.4 is 16.2 Å². The van der Waals surface area contributed by atoms with Gasteiger partial charge in [-0.15, -0.1) is 0 Å². The highest BCUT2D eigenvalue weighted by Gasteiger charge is 2.25. The quantitative estimate of drug-likeness (QED) is 0.566. The molecule has 2 aromatic carbocycles. The van der Waals surface area contributed by atoms with Crippen LogP contribution in [0.1, 0.15) is 31.0 Å². The van der Waals surface area contributed by atoms with E-state index in [0.29, 0.717) is 48.4 Å². The molecule has 2 amide bonds. The summed E-state index contributed by atoms with van der Waals surface area (Å²) < 4.78 is 0. The van der Waals surface area contributed by atoms with Crippen molar-refractivity contribution in [1.29, 1.82) is 0 Å². The van der Waals surface area contributed by atoms with Crippen LogP contribution in [-0.4, -0.2) is 21.8 Å². The summed E-state index contributed by atoms with van der Waals surface area (Å²) in [4.78, 5) is 44.4. The van der Waals surface area contributed by atoms with Gasteiger partial charge in [-0.05, 0) is 43.9 Å². The fourth-order valence-corrected chi connectivity index (χ4v) is 3.90. The summed E-state index contributed by atoms with van der Waals surface area (Å²) in [5.41, 5.74) is 3.42. The number of amides is 2. The number of rotatable bonds is 4. The Morgan fingerprint density at radius 2 is 1.68 bits per heavy atom. The summed E-state index contributed by atoms with van der Waals surface area (Å²) in [5.74, 6) is 0.0744. The Labute approximate surface area is 179 Å². The minimum atomic E-state index is -0.224. The molecule has 0 spiro atoms. The van der Waals surface area contributed by atoms with Gasteiger partial charge in [0.1, 0.15) is 5.82 Å². The van der Waals surface area contributed by atoms with Crippen molar-refractivity contribution in [1.82, 2.24) is 9.97 Å². The summed E-state index contributed by atoms with van der Waals surface area (Å²) >= 11 is 0. The number of hydrogen-bond donors (Lipinski definition) is 3. The second kappa shape index (κ2) is 8.95. The zero-order chi connectivity index (χ0) is 21.8. The first kappa shape index (κ1) is 20.5. The lowest BCUT2D eigenvalue weighted by Gasteiger charge is -2.14. The van der Waals surface area contributed by atoms with E-state index in [1.807, 2.05) is 30.3 Å². The van der Waals surface area contributed by atoms with Crippen molar-refractivity contribution in [2.75, 3.05) is 10.6 Å². The summed E-state index contributed by atoms with van der Waals surface area (Å²) in [7, 11) is 0. The second-order valence-electron chi connectivity index (χ2n) is 7.73. The largest absolute Gasteiger partial charge is 0.326 e. The van der Waals surface area contributed by atoms with Crippen molar-refractivity contribution in [3.05, 3.63) is 76.2 Å². The highest BCUT2D eigenvalue weighted by Crippen LogP contribution is 2.25. The summed E-state index contributed by atoms with van der Waals surface area (Å²) in [6.07, 6.45) is 2.29. The third kappa shape index (κ3) is 4.88. The average molecular weight is 416 g/mol. The van der Waals surface area contributed by atoms with Gasteiger partial charge in [0, 0.05) is 35.3 Å². The van der Waals surface area contributed by atoms with E-state index < -0.39 is 0 Å². The zero-order valence-electron chi connectivity index (χ0n) is 17.3. The van der Waals surface area contributed by atoms with E-state index in [0.717, 1.165) is 11.3 Å². The van der Waals surface area contributed by atoms with Crippen LogP contribution in [0, 0.1) is 5.92 Å². The molecule has 0 fully saturated rings. The number of carbonyl (C=O) groups is 2. The molecule has 3 aromatic rings. The highest BCUT2D eigenvalue weighted by atomic mass is 16.2. The first-order chi connectivity index (χ1) is 15.0. The molecular weight excluding hydrogens is 392 g/mol. The van der Waals surface area contributed by atoms with E-state index in [9.17, 15) is 14.4 Å². The monoisotopic (exact) mass is 416 g/mol. The normalized spacial score (nSPS) is 15.5. The zero-order valence-corrected chi connectivity index (χ0v) is 17.3. The maximum atomic E-state index is 12.9. The number of H-pyrrole nitrogens is 1. The lowest BCUT2D eigenvalue weighted by Crippen LogP contribution is -2.23. The van der Waals surface area contributed by atoms with Crippen molar-refractivity contribution >= 4 is 23.2 Å². The van der Waals surface area contributed by atoms with E-state index in [1.165, 1.54) is 6.92 Å². The molecule has 31 heavy (non-hydrogen) atoms. The molecule has 1 heterocycles. The van der Waals surface area contributed by atoms with E-state index in [1.54, 1.807) is 24.3 Å². The molecular formula is C24H24N4O3. The van der Waals surface area contributed by atoms with Crippen LogP contribution in [0.25, 0.3) is 11.4 Å². The van der Waals surface area contributed by atoms with Crippen LogP contribution >= 0.6 is 0 Å². The Hall–Kier alpha value is -3.74. The van der Waals surface area contributed by atoms with Gasteiger partial charge in [-0.2, -0.15) is 0 Å². The van der Waals surface area contributed by atoms with Crippen molar-refractivity contribution in [3.8, 4) is 11.4 Å². The third-order valence-electron chi connectivity index (χ3n) is 5.44. The number of aryl methyl sites for hydroxylation is 1. The predicted molar refractivity (Wildman–Crippen MR) is 120 cm³/mol. The van der Waals surface area contributed by atoms with E-state index in [-0.39, 0.29) is 23.3 Å². The molecule has 1 aliphatic carbocycles. The number of anilines is 2. The van der Waals surface area contributed by atoms with Gasteiger partial charge in [0.05, 0.1) is 5.69 Å². The van der Waals surface area contributed by atoms with Crippen LogP contribution in [-0.2, 0) is 22.4 Å². The molecule has 4 rings (SSSR count). The second-order valence-corrected chi connectivity index (χ2v) is 7.73. The van der Waals surface area contributed by atoms with Gasteiger partial charge in [0.15, 0.2) is 0 Å². The Morgan fingerprint density at radius 3 is 2.42 bits per heavy atom. The SMILES string of the molecule is CC(=O)Nc1cccc(NC(=O)C2CCc3nc(-c4ccccc4)[nH]c(=O)c3CC2)c1. The molecule has 0 saturated carbocycles. The number of nitrogens with zero attached hydrogens (tertiary/aromatic N) is 1. The number of carbonyl (C=O) groups excluding carboxylic acids is 2. The Kier molecular flexibility index (Phi) is 5.93. The molecule has 1 aliphatic rings. The molecule has 3 N–H and O–H groups in total. The Bertz CT molecular complexity index is 1170. The molecule has 1 aromatic heterocycles. The molecule has 0 aliphatic heterocycles. The molecule has 1 unspecified atom stereocenters. The van der Waals surface area contributed by atoms with Gasteiger partial charge in [-0.3, -0.25) is 14.4 Å². The smallest absolute Gasteiger partial charge is 0.254 e. The van der Waals surface area contributed by atoms with Gasteiger partial charge in [-0.1, -0.05) is 36.4 Å². The van der Waals surface area contributed by atoms with Crippen molar-refractivity contribution in [2.24, 2.45) is 5.92 Å². The van der Waals surface area contributed by atoms with E-state index in [4.69, 9.17) is 4.98 Å². The molecule has 1 atom stereocenters. The van der Waals surface area contributed by atoms with Crippen molar-refractivity contribution in [2.45, 2.75) is 32.6 Å². The number of nitrogens with one attached hydrogen (secondary N) is 3. The number of aromatic nitrogens is 2. The summed E-state index contributed by atoms with van der Waals surface area (Å²) in [6.45, 7) is 1.44. The van der Waals surface area contributed by atoms with Crippen LogP contribution in [0.3, 0.4) is 0 Å². The summed E-state index contributed by atoms with van der Waals surface area (Å²) in [6, 6.07) is 16.6. The average Bonchev–Trinajstić information content (AvgIpc) is 2.97. The van der Waals surface area contributed by atoms with Crippen molar-refractivity contribution < 1.29 is 9.59 Å². The van der Waals surface area contributed by atoms with E-state index >= 15 is 0 Å². The fraction of sp³-hybridized carbons (Fsp3) is 0.250. The lowest BCUT2D eigenvalue weighted by molar-refractivity contribution is -0.120. The maximum Gasteiger partial charge on any atom is 0.254 e. The fourth-order valence-electron chi connectivity index (χ4n) is 3.90. The number of fused-ring (bicyclic) bond motifs is 1. The van der Waals surface area contributed by atoms with Crippen LogP contribution in [0.2, 0.25) is 0 Å². The molecule has 0 saturated heterocycles. The first-order valence-corrected chi connectivity index (χ1v) is 10.4. The molecule has 0 radical (unpaired) electrons. The van der Waals surface area contributed by atoms with E-state index in [2.05, 4.69) is 15.6 Å². The minimum Gasteiger partial charge on any atom is -0.326 e. The molecule has 0 bridgehead atoms. The maximum absolute atomic E-state index is 12.9. The van der Waals surface area contributed by atoms with Crippen molar-refractivity contribution in [3.63, 3.8) is 0 Å². The molecule has 158 valence electrons. The molecule has 7 nitrogen and oxygen atoms in total. The Morgan fingerprint density at radius 1 is 0.968 bits per heavy atom. The van der Waals surface area contributed by atoms with Gasteiger partial charge < -0.3 is 15.6 Å². The van der Waals surface area contributed by atoms with Crippen LogP contribution in [0.15, 0.2) is 59.4 Å². The molecule has 7 heteroatoms. The predicted octanol–water partition coefficient (Wildman–Crippen LogP) is 3.53. The van der Waals surface area contributed by atoms with Crippen LogP contribution in [0.4, 0.5) is 11.4 Å². The number of benzene rings is 2. The Balaban J connectivity index is 1.48. The standard InChI is InChI=1S/C24H24N4O3/c1-15(29)25-18-8-5-9-19(14-18)26-23(30)17-10-12-20-21(13-11-17)27-22(28-24(20)31)16-6-3-2-4-7-16/h2-9,14,17H,10-13H2,1H3,(H,25,29)(H,26,30)(H,27,28,31). The van der Waals surface area contributed by atoms with Gasteiger partial charge in [-0.25, -0.2) is 4.98 Å². The topological polar surface area (TPSA) is 104 Å². The van der Waals surface area contributed by atoms with Gasteiger partial charge in [0.25, 0.3) is 5.56 Å². The van der Waals surface area contributed by atoms with Gasteiger partial charge >= 0.3 is 0 Å². The number of hydrogen-bond acceptors (Lipinski definition) is 4. The first-order valence-electron chi connectivity index (χ1n) is 10.4.